The van der Waals surface area contributed by atoms with Crippen LogP contribution in [0.3, 0.4) is 0 Å². The van der Waals surface area contributed by atoms with Crippen LogP contribution in [0.25, 0.3) is 0 Å². The molecule has 0 aliphatic carbocycles. The number of hydrogen-bond acceptors (Lipinski definition) is 7. The van der Waals surface area contributed by atoms with Crippen molar-refractivity contribution < 1.29 is 4.74 Å². The summed E-state index contributed by atoms with van der Waals surface area (Å²) in [6, 6.07) is 0. The average Bonchev–Trinajstić information content (AvgIpc) is 3.03. The van der Waals surface area contributed by atoms with E-state index in [2.05, 4.69) is 20.6 Å². The minimum Gasteiger partial charge on any atom is -0.373 e. The zero-order valence-corrected chi connectivity index (χ0v) is 9.10. The Bertz CT molecular complexity index is 371. The standard InChI is InChI=1S/C9H16N6O/c1-12-8-5(6-7(11)16-6)4-14-9(15-8)13-3-2-10/h4,6-7H,2-3,10-11H2,1H3,(H2,12,13,14,15). The van der Waals surface area contributed by atoms with E-state index in [0.717, 1.165) is 11.4 Å². The van der Waals surface area contributed by atoms with E-state index in [1.807, 2.05) is 0 Å². The Morgan fingerprint density at radius 3 is 2.88 bits per heavy atom. The SMILES string of the molecule is CNc1nc(NCCN)ncc1C1OC1N. The number of epoxide rings is 1. The molecule has 7 heteroatoms. The van der Waals surface area contributed by atoms with Crippen molar-refractivity contribution in [2.75, 3.05) is 30.8 Å². The van der Waals surface area contributed by atoms with Gasteiger partial charge >= 0.3 is 0 Å². The number of rotatable bonds is 5. The molecule has 1 aromatic rings. The van der Waals surface area contributed by atoms with Gasteiger partial charge in [-0.25, -0.2) is 4.98 Å². The summed E-state index contributed by atoms with van der Waals surface area (Å²) in [5.41, 5.74) is 11.9. The third-order valence-corrected chi connectivity index (χ3v) is 2.31. The van der Waals surface area contributed by atoms with E-state index in [1.54, 1.807) is 13.2 Å². The fraction of sp³-hybridized carbons (Fsp3) is 0.556. The first-order chi connectivity index (χ1) is 7.76. The molecule has 1 fully saturated rings. The van der Waals surface area contributed by atoms with Crippen LogP contribution in [-0.2, 0) is 4.74 Å². The van der Waals surface area contributed by atoms with Crippen molar-refractivity contribution in [3.63, 3.8) is 0 Å². The Balaban J connectivity index is 2.14. The number of nitrogens with zero attached hydrogens (tertiary/aromatic N) is 2. The van der Waals surface area contributed by atoms with Crippen LogP contribution >= 0.6 is 0 Å². The van der Waals surface area contributed by atoms with E-state index in [9.17, 15) is 0 Å². The summed E-state index contributed by atoms with van der Waals surface area (Å²) in [6.45, 7) is 1.18. The van der Waals surface area contributed by atoms with Crippen LogP contribution in [0, 0.1) is 0 Å². The highest BCUT2D eigenvalue weighted by Crippen LogP contribution is 2.37. The maximum atomic E-state index is 5.60. The minimum absolute atomic E-state index is 0.0917. The van der Waals surface area contributed by atoms with Crippen molar-refractivity contribution in [3.05, 3.63) is 11.8 Å². The van der Waals surface area contributed by atoms with Gasteiger partial charge in [-0.1, -0.05) is 0 Å². The molecule has 1 saturated heterocycles. The molecule has 0 spiro atoms. The highest BCUT2D eigenvalue weighted by molar-refractivity contribution is 5.49. The second-order valence-electron chi connectivity index (χ2n) is 3.48. The molecule has 2 unspecified atom stereocenters. The lowest BCUT2D eigenvalue weighted by atomic mass is 10.2. The molecule has 1 aromatic heterocycles. The van der Waals surface area contributed by atoms with Gasteiger partial charge in [-0.05, 0) is 0 Å². The Labute approximate surface area is 93.6 Å². The van der Waals surface area contributed by atoms with E-state index in [4.69, 9.17) is 16.2 Å². The molecule has 2 heterocycles. The first-order valence-electron chi connectivity index (χ1n) is 5.16. The number of ether oxygens (including phenoxy) is 1. The Morgan fingerprint density at radius 2 is 2.31 bits per heavy atom. The molecule has 1 aliphatic rings. The van der Waals surface area contributed by atoms with Crippen molar-refractivity contribution in [1.29, 1.82) is 0 Å². The zero-order chi connectivity index (χ0) is 11.5. The summed E-state index contributed by atoms with van der Waals surface area (Å²) in [5.74, 6) is 1.28. The van der Waals surface area contributed by atoms with Crippen LogP contribution in [-0.4, -0.2) is 36.3 Å². The van der Waals surface area contributed by atoms with E-state index >= 15 is 0 Å². The van der Waals surface area contributed by atoms with E-state index in [-0.39, 0.29) is 12.3 Å². The Kier molecular flexibility index (Phi) is 3.18. The summed E-state index contributed by atoms with van der Waals surface area (Å²) in [7, 11) is 1.80. The van der Waals surface area contributed by atoms with Gasteiger partial charge in [0.25, 0.3) is 0 Å². The maximum Gasteiger partial charge on any atom is 0.224 e. The van der Waals surface area contributed by atoms with Crippen LogP contribution in [0.15, 0.2) is 6.20 Å². The molecule has 16 heavy (non-hydrogen) atoms. The van der Waals surface area contributed by atoms with Gasteiger partial charge in [0.1, 0.15) is 18.1 Å². The van der Waals surface area contributed by atoms with E-state index < -0.39 is 0 Å². The Morgan fingerprint density at radius 1 is 1.56 bits per heavy atom. The van der Waals surface area contributed by atoms with Crippen molar-refractivity contribution in [2.24, 2.45) is 11.5 Å². The molecule has 0 amide bonds. The van der Waals surface area contributed by atoms with Gasteiger partial charge in [-0.2, -0.15) is 4.98 Å². The molecule has 2 atom stereocenters. The quantitative estimate of drug-likeness (QED) is 0.486. The second kappa shape index (κ2) is 4.60. The van der Waals surface area contributed by atoms with Crippen molar-refractivity contribution >= 4 is 11.8 Å². The lowest BCUT2D eigenvalue weighted by Gasteiger charge is -2.08. The minimum atomic E-state index is -0.237. The topological polar surface area (TPSA) is 114 Å². The Hall–Kier alpha value is -1.44. The molecule has 0 saturated carbocycles. The summed E-state index contributed by atoms with van der Waals surface area (Å²) in [6.07, 6.45) is 1.39. The molecule has 1 aliphatic heterocycles. The number of aromatic nitrogens is 2. The van der Waals surface area contributed by atoms with Crippen molar-refractivity contribution in [3.8, 4) is 0 Å². The molecule has 2 rings (SSSR count). The molecular weight excluding hydrogens is 208 g/mol. The highest BCUT2D eigenvalue weighted by Gasteiger charge is 2.39. The predicted octanol–water partition coefficient (Wildman–Crippen LogP) is -0.755. The fourth-order valence-corrected chi connectivity index (χ4v) is 1.44. The molecule has 6 N–H and O–H groups in total. The summed E-state index contributed by atoms with van der Waals surface area (Å²) in [4.78, 5) is 8.47. The molecule has 0 bridgehead atoms. The van der Waals surface area contributed by atoms with Crippen LogP contribution in [0.1, 0.15) is 11.7 Å². The molecule has 0 aromatic carbocycles. The van der Waals surface area contributed by atoms with Gasteiger partial charge in [0.2, 0.25) is 5.95 Å². The number of anilines is 2. The normalized spacial score (nSPS) is 22.9. The number of nitrogens with one attached hydrogen (secondary N) is 2. The zero-order valence-electron chi connectivity index (χ0n) is 9.10. The van der Waals surface area contributed by atoms with Crippen LogP contribution in [0.2, 0.25) is 0 Å². The maximum absolute atomic E-state index is 5.60. The summed E-state index contributed by atoms with van der Waals surface area (Å²) in [5, 5.41) is 6.00. The first kappa shape index (κ1) is 11.1. The number of hydrogen-bond donors (Lipinski definition) is 4. The van der Waals surface area contributed by atoms with Crippen LogP contribution in [0.5, 0.6) is 0 Å². The molecule has 7 nitrogen and oxygen atoms in total. The molecule has 88 valence electrons. The van der Waals surface area contributed by atoms with Gasteiger partial charge in [-0.3, -0.25) is 0 Å². The second-order valence-corrected chi connectivity index (χ2v) is 3.48. The fourth-order valence-electron chi connectivity index (χ4n) is 1.44. The van der Waals surface area contributed by atoms with Crippen molar-refractivity contribution in [1.82, 2.24) is 9.97 Å². The smallest absolute Gasteiger partial charge is 0.224 e. The predicted molar refractivity (Wildman–Crippen MR) is 60.9 cm³/mol. The third kappa shape index (κ3) is 2.21. The van der Waals surface area contributed by atoms with E-state index in [1.165, 1.54) is 0 Å². The summed E-state index contributed by atoms with van der Waals surface area (Å²) >= 11 is 0. The lowest BCUT2D eigenvalue weighted by molar-refractivity contribution is 0.377. The van der Waals surface area contributed by atoms with Crippen LogP contribution < -0.4 is 22.1 Å². The molecular formula is C9H16N6O. The molecule has 0 radical (unpaired) electrons. The van der Waals surface area contributed by atoms with Gasteiger partial charge in [-0.15, -0.1) is 0 Å². The summed E-state index contributed by atoms with van der Waals surface area (Å²) < 4.78 is 5.18. The third-order valence-electron chi connectivity index (χ3n) is 2.31. The van der Waals surface area contributed by atoms with E-state index in [0.29, 0.717) is 19.0 Å². The highest BCUT2D eigenvalue weighted by atomic mass is 16.6. The van der Waals surface area contributed by atoms with Crippen molar-refractivity contribution in [2.45, 2.75) is 12.3 Å². The first-order valence-corrected chi connectivity index (χ1v) is 5.16. The lowest BCUT2D eigenvalue weighted by Crippen LogP contribution is -2.15. The largest absolute Gasteiger partial charge is 0.373 e. The number of nitrogens with two attached hydrogens (primary N) is 2. The van der Waals surface area contributed by atoms with Gasteiger partial charge < -0.3 is 26.8 Å². The van der Waals surface area contributed by atoms with Crippen LogP contribution in [0.4, 0.5) is 11.8 Å². The van der Waals surface area contributed by atoms with Gasteiger partial charge in [0.05, 0.1) is 0 Å². The monoisotopic (exact) mass is 224 g/mol. The van der Waals surface area contributed by atoms with Gasteiger partial charge in [0.15, 0.2) is 0 Å². The van der Waals surface area contributed by atoms with Gasteiger partial charge in [0, 0.05) is 31.9 Å². The average molecular weight is 224 g/mol.